The predicted molar refractivity (Wildman–Crippen MR) is 139 cm³/mol. The molecule has 3 aliphatic rings. The van der Waals surface area contributed by atoms with Crippen LogP contribution in [0.15, 0.2) is 40.7 Å². The molecule has 0 saturated carbocycles. The van der Waals surface area contributed by atoms with Gasteiger partial charge in [-0.3, -0.25) is 4.79 Å². The van der Waals surface area contributed by atoms with Crippen LogP contribution in [0.2, 0.25) is 0 Å². The third-order valence-corrected chi connectivity index (χ3v) is 8.67. The minimum atomic E-state index is -5.03. The maximum absolute atomic E-state index is 15.0. The number of carbonyl (C=O) groups excluding carboxylic acids is 2. The zero-order valence-electron chi connectivity index (χ0n) is 22.9. The van der Waals surface area contributed by atoms with Gasteiger partial charge in [-0.1, -0.05) is 6.58 Å². The molecule has 3 unspecified atom stereocenters. The van der Waals surface area contributed by atoms with Gasteiger partial charge in [0.15, 0.2) is 23.2 Å². The van der Waals surface area contributed by atoms with Crippen LogP contribution in [0.25, 0.3) is 11.1 Å². The molecular weight excluding hydrogens is 707 g/mol. The van der Waals surface area contributed by atoms with Crippen molar-refractivity contribution in [2.45, 2.75) is 30.1 Å². The minimum Gasteiger partial charge on any atom is -0.378 e. The Morgan fingerprint density at radius 1 is 1.17 bits per heavy atom. The van der Waals surface area contributed by atoms with Crippen LogP contribution in [0.5, 0.6) is 0 Å². The monoisotopic (exact) mass is 732 g/mol. The van der Waals surface area contributed by atoms with Gasteiger partial charge in [0.05, 0.1) is 28.4 Å². The Hall–Kier alpha value is -1.31. The van der Waals surface area contributed by atoms with Gasteiger partial charge < -0.3 is 14.5 Å². The smallest absolute Gasteiger partial charge is 0.378 e. The number of nitrogens with zero attached hydrogens (tertiary/aromatic N) is 3. The van der Waals surface area contributed by atoms with Crippen LogP contribution in [-0.2, 0) is 15.7 Å². The second kappa shape index (κ2) is 13.0. The molecule has 5 rings (SSSR count). The molecule has 0 spiro atoms. The molecule has 0 radical (unpaired) electrons. The van der Waals surface area contributed by atoms with Crippen molar-refractivity contribution in [2.75, 3.05) is 39.1 Å². The zero-order valence-corrected chi connectivity index (χ0v) is 30.0. The van der Waals surface area contributed by atoms with E-state index in [2.05, 4.69) is 11.6 Å². The fourth-order valence-corrected chi connectivity index (χ4v) is 6.93. The summed E-state index contributed by atoms with van der Waals surface area (Å²) in [6.07, 6.45) is -3.86. The van der Waals surface area contributed by atoms with Crippen molar-refractivity contribution in [2.24, 2.45) is 4.99 Å². The van der Waals surface area contributed by atoms with Crippen molar-refractivity contribution in [1.29, 1.82) is 0 Å². The second-order valence-electron chi connectivity index (χ2n) is 9.94. The SMILES string of the molecule is C=CC(=O)N1CCN(C2=NC(=O)[NH+]3c4c2cc(C(F)(F)F)c(-c2cc(F)c(F)cc2F)c4SCC3COC)C(C)C1.[Cs+]. The number of carbonyl (C=O) groups is 2. The third-order valence-electron chi connectivity index (χ3n) is 7.41. The first-order valence-electron chi connectivity index (χ1n) is 12.6. The minimum absolute atomic E-state index is 0. The molecule has 1 fully saturated rings. The first kappa shape index (κ1) is 33.6. The van der Waals surface area contributed by atoms with Crippen LogP contribution >= 0.6 is 11.8 Å². The van der Waals surface area contributed by atoms with E-state index in [4.69, 9.17) is 4.74 Å². The molecule has 3 atom stereocenters. The fourth-order valence-electron chi connectivity index (χ4n) is 5.57. The van der Waals surface area contributed by atoms with Gasteiger partial charge in [0.2, 0.25) is 5.91 Å². The van der Waals surface area contributed by atoms with Gasteiger partial charge in [-0.25, -0.2) is 22.9 Å². The molecule has 218 valence electrons. The molecule has 15 heteroatoms. The first-order valence-corrected chi connectivity index (χ1v) is 13.6. The number of rotatable bonds is 4. The number of halogens is 6. The summed E-state index contributed by atoms with van der Waals surface area (Å²) in [6, 6.07) is -0.245. The average Bonchev–Trinajstić information content (AvgIpc) is 2.92. The second-order valence-corrected chi connectivity index (χ2v) is 11.0. The number of hydrogen-bond acceptors (Lipinski definition) is 5. The van der Waals surface area contributed by atoms with Gasteiger partial charge in [0.1, 0.15) is 11.9 Å². The van der Waals surface area contributed by atoms with E-state index in [9.17, 15) is 31.5 Å². The van der Waals surface area contributed by atoms with Crippen molar-refractivity contribution in [3.63, 3.8) is 0 Å². The maximum atomic E-state index is 15.0. The number of benzene rings is 2. The number of amidine groups is 1. The number of alkyl halides is 3. The quantitative estimate of drug-likeness (QED) is 0.290. The number of amides is 3. The van der Waals surface area contributed by atoms with E-state index in [-0.39, 0.29) is 140 Å². The van der Waals surface area contributed by atoms with Crippen LogP contribution in [0.3, 0.4) is 0 Å². The number of thioether (sulfide) groups is 1. The summed E-state index contributed by atoms with van der Waals surface area (Å²) in [6.45, 7) is 5.91. The Kier molecular flexibility index (Phi) is 10.4. The summed E-state index contributed by atoms with van der Waals surface area (Å²) in [5.74, 6) is -4.62. The Morgan fingerprint density at radius 2 is 1.86 bits per heavy atom. The van der Waals surface area contributed by atoms with Gasteiger partial charge in [0, 0.05) is 50.0 Å². The van der Waals surface area contributed by atoms with E-state index in [0.717, 1.165) is 17.8 Å². The summed E-state index contributed by atoms with van der Waals surface area (Å²) in [5.41, 5.74) is -2.56. The predicted octanol–water partition coefficient (Wildman–Crippen LogP) is 1.03. The summed E-state index contributed by atoms with van der Waals surface area (Å²) >= 11 is 0.960. The molecule has 1 N–H and O–H groups in total. The van der Waals surface area contributed by atoms with E-state index >= 15 is 4.39 Å². The van der Waals surface area contributed by atoms with Crippen LogP contribution in [0.4, 0.5) is 36.8 Å². The Balaban J connectivity index is 0.00000405. The van der Waals surface area contributed by atoms with Gasteiger partial charge in [-0.2, -0.15) is 13.2 Å². The van der Waals surface area contributed by atoms with Crippen molar-refractivity contribution >= 4 is 35.2 Å². The van der Waals surface area contributed by atoms with Crippen LogP contribution in [-0.4, -0.2) is 78.8 Å². The van der Waals surface area contributed by atoms with Crippen molar-refractivity contribution in [1.82, 2.24) is 9.80 Å². The van der Waals surface area contributed by atoms with E-state index in [1.54, 1.807) is 11.8 Å². The number of nitrogens with one attached hydrogen (secondary N) is 1. The maximum Gasteiger partial charge on any atom is 1.00 e. The van der Waals surface area contributed by atoms with Gasteiger partial charge in [0.25, 0.3) is 0 Å². The van der Waals surface area contributed by atoms with Crippen molar-refractivity contribution in [3.8, 4) is 11.1 Å². The molecule has 3 heterocycles. The molecule has 0 aromatic heterocycles. The average molecular weight is 732 g/mol. The molecule has 1 saturated heterocycles. The number of aliphatic imine (C=N–C) groups is 1. The number of methoxy groups -OCH3 is 1. The number of piperazine rings is 1. The molecule has 2 aromatic carbocycles. The summed E-state index contributed by atoms with van der Waals surface area (Å²) < 4.78 is 92.2. The fraction of sp³-hybridized carbons (Fsp3) is 0.370. The molecule has 3 amide bonds. The van der Waals surface area contributed by atoms with Gasteiger partial charge >= 0.3 is 81.1 Å². The largest absolute Gasteiger partial charge is 1.00 e. The van der Waals surface area contributed by atoms with Gasteiger partial charge in [-0.15, -0.1) is 16.8 Å². The van der Waals surface area contributed by atoms with E-state index in [1.165, 1.54) is 18.1 Å². The van der Waals surface area contributed by atoms with Crippen LogP contribution in [0, 0.1) is 17.5 Å². The summed E-state index contributed by atoms with van der Waals surface area (Å²) in [7, 11) is 1.42. The number of quaternary nitrogens is 1. The van der Waals surface area contributed by atoms with Gasteiger partial charge in [-0.05, 0) is 25.1 Å². The number of ether oxygens (including phenoxy) is 1. The zero-order chi connectivity index (χ0) is 29.8. The molecule has 42 heavy (non-hydrogen) atoms. The molecular formula is C27H25CsF6N4O3S+2. The van der Waals surface area contributed by atoms with E-state index in [1.807, 2.05) is 0 Å². The standard InChI is InChI=1S/C27H24F6N4O3S.Cs/c1-4-21(38)35-5-6-36(13(2)10-35)25-16-7-17(27(31,32)33)22(15-8-19(29)20(30)9-18(15)28)24-23(16)37(26(39)34-25)14(11-40-3)12-41-24;/h4,7-9,13-14H,1,5-6,10-12H2,2-3H3;/q;+1/p+1. The Morgan fingerprint density at radius 3 is 2.48 bits per heavy atom. The van der Waals surface area contributed by atoms with E-state index in [0.29, 0.717) is 6.07 Å². The van der Waals surface area contributed by atoms with Crippen molar-refractivity contribution in [3.05, 3.63) is 59.4 Å². The van der Waals surface area contributed by atoms with Crippen molar-refractivity contribution < 1.29 is 114 Å². The normalized spacial score (nSPS) is 21.9. The molecule has 3 aliphatic heterocycles. The molecule has 2 aromatic rings. The molecule has 0 aliphatic carbocycles. The Bertz CT molecular complexity index is 1490. The first-order chi connectivity index (χ1) is 19.4. The molecule has 0 bridgehead atoms. The Labute approximate surface area is 300 Å². The molecule has 7 nitrogen and oxygen atoms in total. The van der Waals surface area contributed by atoms with Crippen LogP contribution < -0.4 is 73.8 Å². The summed E-state index contributed by atoms with van der Waals surface area (Å²) in [5, 5.41) is 0. The third kappa shape index (κ3) is 6.00. The number of urea groups is 1. The van der Waals surface area contributed by atoms with Crippen LogP contribution in [0.1, 0.15) is 18.1 Å². The topological polar surface area (TPSA) is 66.7 Å². The summed E-state index contributed by atoms with van der Waals surface area (Å²) in [4.78, 5) is 33.2. The number of hydrogen-bond donors (Lipinski definition) is 1. The van der Waals surface area contributed by atoms with E-state index < -0.39 is 58.4 Å².